The van der Waals surface area contributed by atoms with Gasteiger partial charge in [0.15, 0.2) is 0 Å². The number of benzene rings is 1. The maximum atomic E-state index is 13.1. The molecule has 0 saturated heterocycles. The van der Waals surface area contributed by atoms with Crippen LogP contribution in [0.2, 0.25) is 0 Å². The van der Waals surface area contributed by atoms with E-state index in [1.165, 1.54) is 10.9 Å². The first-order valence-corrected chi connectivity index (χ1v) is 4.30. The maximum Gasteiger partial charge on any atom is 0.283 e. The van der Waals surface area contributed by atoms with E-state index in [1.807, 2.05) is 6.07 Å². The number of nitriles is 1. The standard InChI is InChI=1S/C9H5FN4O2/c10-6-3-8-7(9(4-6)14(15)16)5-12-13(8)2-1-11/h3-5H,2H2. The minimum Gasteiger partial charge on any atom is -0.258 e. The maximum absolute atomic E-state index is 13.1. The Balaban J connectivity index is 2.76. The highest BCUT2D eigenvalue weighted by molar-refractivity contribution is 5.88. The average Bonchev–Trinajstić information content (AvgIpc) is 2.61. The summed E-state index contributed by atoms with van der Waals surface area (Å²) in [5.74, 6) is -0.723. The van der Waals surface area contributed by atoms with E-state index in [0.717, 1.165) is 12.1 Å². The molecule has 1 aromatic heterocycles. The van der Waals surface area contributed by atoms with E-state index in [9.17, 15) is 14.5 Å². The van der Waals surface area contributed by atoms with Gasteiger partial charge in [0, 0.05) is 6.07 Å². The summed E-state index contributed by atoms with van der Waals surface area (Å²) in [6, 6.07) is 3.79. The number of nitro groups is 1. The van der Waals surface area contributed by atoms with Crippen LogP contribution in [0.4, 0.5) is 10.1 Å². The van der Waals surface area contributed by atoms with E-state index < -0.39 is 10.7 Å². The first kappa shape index (κ1) is 10.0. The van der Waals surface area contributed by atoms with Gasteiger partial charge < -0.3 is 0 Å². The summed E-state index contributed by atoms with van der Waals surface area (Å²) in [5.41, 5.74) is -0.104. The van der Waals surface area contributed by atoms with Crippen molar-refractivity contribution in [2.75, 3.05) is 0 Å². The van der Waals surface area contributed by atoms with Crippen LogP contribution in [0.1, 0.15) is 0 Å². The zero-order valence-corrected chi connectivity index (χ0v) is 7.92. The lowest BCUT2D eigenvalue weighted by molar-refractivity contribution is -0.383. The summed E-state index contributed by atoms with van der Waals surface area (Å²) in [6.07, 6.45) is 1.25. The van der Waals surface area contributed by atoms with Crippen molar-refractivity contribution in [3.63, 3.8) is 0 Å². The third-order valence-corrected chi connectivity index (χ3v) is 2.12. The van der Waals surface area contributed by atoms with Crippen molar-refractivity contribution in [2.45, 2.75) is 6.54 Å². The number of nitro benzene ring substituents is 1. The van der Waals surface area contributed by atoms with Crippen molar-refractivity contribution in [3.05, 3.63) is 34.3 Å². The quantitative estimate of drug-likeness (QED) is 0.568. The molecule has 0 unspecified atom stereocenters. The van der Waals surface area contributed by atoms with Gasteiger partial charge in [-0.25, -0.2) is 4.39 Å². The van der Waals surface area contributed by atoms with Gasteiger partial charge in [-0.1, -0.05) is 0 Å². The third-order valence-electron chi connectivity index (χ3n) is 2.12. The molecule has 1 aromatic carbocycles. The van der Waals surface area contributed by atoms with Gasteiger partial charge in [-0.05, 0) is 0 Å². The SMILES string of the molecule is N#CCn1ncc2c([N+](=O)[O-])cc(F)cc21. The van der Waals surface area contributed by atoms with Gasteiger partial charge >= 0.3 is 0 Å². The van der Waals surface area contributed by atoms with Crippen LogP contribution in [0.3, 0.4) is 0 Å². The molecule has 2 rings (SSSR count). The molecule has 1 heterocycles. The third kappa shape index (κ3) is 1.46. The molecule has 0 aliphatic heterocycles. The zero-order valence-electron chi connectivity index (χ0n) is 7.92. The molecule has 0 radical (unpaired) electrons. The van der Waals surface area contributed by atoms with Gasteiger partial charge in [-0.15, -0.1) is 0 Å². The summed E-state index contributed by atoms with van der Waals surface area (Å²) in [7, 11) is 0. The van der Waals surface area contributed by atoms with Crippen molar-refractivity contribution in [1.29, 1.82) is 5.26 Å². The van der Waals surface area contributed by atoms with Gasteiger partial charge in [-0.3, -0.25) is 14.8 Å². The van der Waals surface area contributed by atoms with Crippen LogP contribution in [0.25, 0.3) is 10.9 Å². The Morgan fingerprint density at radius 2 is 2.38 bits per heavy atom. The van der Waals surface area contributed by atoms with Gasteiger partial charge in [-0.2, -0.15) is 10.4 Å². The van der Waals surface area contributed by atoms with E-state index in [2.05, 4.69) is 5.10 Å². The van der Waals surface area contributed by atoms with Crippen LogP contribution < -0.4 is 0 Å². The topological polar surface area (TPSA) is 84.8 Å². The fourth-order valence-electron chi connectivity index (χ4n) is 1.47. The van der Waals surface area contributed by atoms with E-state index in [1.54, 1.807) is 0 Å². The molecule has 0 bridgehead atoms. The summed E-state index contributed by atoms with van der Waals surface area (Å²) in [6.45, 7) is -0.0793. The molecule has 0 aliphatic rings. The lowest BCUT2D eigenvalue weighted by atomic mass is 10.2. The summed E-state index contributed by atoms with van der Waals surface area (Å²) in [4.78, 5) is 9.99. The summed E-state index contributed by atoms with van der Waals surface area (Å²) < 4.78 is 14.3. The predicted octanol–water partition coefficient (Wildman–Crippen LogP) is 1.61. The molecular formula is C9H5FN4O2. The van der Waals surface area contributed by atoms with Crippen molar-refractivity contribution >= 4 is 16.6 Å². The van der Waals surface area contributed by atoms with Crippen molar-refractivity contribution in [3.8, 4) is 6.07 Å². The lowest BCUT2D eigenvalue weighted by Gasteiger charge is -1.97. The Labute approximate surface area is 88.7 Å². The number of nitrogens with zero attached hydrogens (tertiary/aromatic N) is 4. The fourth-order valence-corrected chi connectivity index (χ4v) is 1.47. The van der Waals surface area contributed by atoms with Gasteiger partial charge in [0.05, 0.1) is 34.2 Å². The second kappa shape index (κ2) is 3.58. The fraction of sp³-hybridized carbons (Fsp3) is 0.111. The molecule has 6 nitrogen and oxygen atoms in total. The van der Waals surface area contributed by atoms with Crippen LogP contribution in [-0.4, -0.2) is 14.7 Å². The number of non-ortho nitro benzene ring substituents is 1. The molecule has 0 fully saturated rings. The number of aromatic nitrogens is 2. The highest BCUT2D eigenvalue weighted by atomic mass is 19.1. The molecular weight excluding hydrogens is 215 g/mol. The number of halogens is 1. The van der Waals surface area contributed by atoms with E-state index in [4.69, 9.17) is 5.26 Å². The molecule has 0 N–H and O–H groups in total. The predicted molar refractivity (Wildman–Crippen MR) is 52.0 cm³/mol. The Hall–Kier alpha value is -2.49. The Kier molecular flexibility index (Phi) is 2.25. The van der Waals surface area contributed by atoms with E-state index in [-0.39, 0.29) is 23.1 Å². The second-order valence-electron chi connectivity index (χ2n) is 3.08. The highest BCUT2D eigenvalue weighted by Gasteiger charge is 2.17. The van der Waals surface area contributed by atoms with Crippen molar-refractivity contribution in [1.82, 2.24) is 9.78 Å². The molecule has 0 saturated carbocycles. The number of fused-ring (bicyclic) bond motifs is 1. The monoisotopic (exact) mass is 220 g/mol. The zero-order chi connectivity index (χ0) is 11.7. The Morgan fingerprint density at radius 3 is 3.00 bits per heavy atom. The first-order chi connectivity index (χ1) is 7.63. The molecule has 80 valence electrons. The normalized spacial score (nSPS) is 10.2. The Bertz CT molecular complexity index is 614. The second-order valence-corrected chi connectivity index (χ2v) is 3.08. The van der Waals surface area contributed by atoms with E-state index >= 15 is 0 Å². The molecule has 2 aromatic rings. The van der Waals surface area contributed by atoms with Crippen molar-refractivity contribution in [2.24, 2.45) is 0 Å². The van der Waals surface area contributed by atoms with Crippen molar-refractivity contribution < 1.29 is 9.31 Å². The van der Waals surface area contributed by atoms with Gasteiger partial charge in [0.1, 0.15) is 12.4 Å². The number of rotatable bonds is 2. The molecule has 0 atom stereocenters. The Morgan fingerprint density at radius 1 is 1.62 bits per heavy atom. The van der Waals surface area contributed by atoms with Crippen LogP contribution in [-0.2, 0) is 6.54 Å². The smallest absolute Gasteiger partial charge is 0.258 e. The molecule has 7 heteroatoms. The minimum atomic E-state index is -0.723. The first-order valence-electron chi connectivity index (χ1n) is 4.30. The molecule has 0 spiro atoms. The van der Waals surface area contributed by atoms with Crippen LogP contribution >= 0.6 is 0 Å². The van der Waals surface area contributed by atoms with Crippen LogP contribution in [0, 0.1) is 27.3 Å². The van der Waals surface area contributed by atoms with Crippen LogP contribution in [0.5, 0.6) is 0 Å². The summed E-state index contributed by atoms with van der Waals surface area (Å²) >= 11 is 0. The van der Waals surface area contributed by atoms with E-state index in [0.29, 0.717) is 0 Å². The average molecular weight is 220 g/mol. The minimum absolute atomic E-state index is 0.0793. The highest BCUT2D eigenvalue weighted by Crippen LogP contribution is 2.26. The molecule has 0 amide bonds. The molecule has 16 heavy (non-hydrogen) atoms. The lowest BCUT2D eigenvalue weighted by Crippen LogP contribution is -1.98. The number of hydrogen-bond acceptors (Lipinski definition) is 4. The molecule has 0 aliphatic carbocycles. The van der Waals surface area contributed by atoms with Gasteiger partial charge in [0.2, 0.25) is 0 Å². The number of hydrogen-bond donors (Lipinski definition) is 0. The van der Waals surface area contributed by atoms with Crippen LogP contribution in [0.15, 0.2) is 18.3 Å². The summed E-state index contributed by atoms with van der Waals surface area (Å²) in [5, 5.41) is 23.2. The largest absolute Gasteiger partial charge is 0.283 e. The van der Waals surface area contributed by atoms with Gasteiger partial charge in [0.25, 0.3) is 5.69 Å².